The molecular weight excluding hydrogens is 410 g/mol. The van der Waals surface area contributed by atoms with Crippen LogP contribution in [0.25, 0.3) is 10.9 Å². The van der Waals surface area contributed by atoms with Crippen LogP contribution >= 0.6 is 0 Å². The second kappa shape index (κ2) is 8.25. The molecule has 1 aliphatic heterocycles. The number of benzene rings is 2. The molecule has 0 spiro atoms. The Morgan fingerprint density at radius 1 is 1.07 bits per heavy atom. The average Bonchev–Trinajstić information content (AvgIpc) is 2.73. The number of piperazine rings is 1. The lowest BCUT2D eigenvalue weighted by Gasteiger charge is -2.32. The second-order valence-corrected chi connectivity index (χ2v) is 9.22. The van der Waals surface area contributed by atoms with Crippen molar-refractivity contribution >= 4 is 26.6 Å². The van der Waals surface area contributed by atoms with E-state index in [4.69, 9.17) is 0 Å². The SMILES string of the molecule is CN1CCN(S(=O)(=O)c2ccccc2CNc2ccnc3c(F)cc(F)cc23)CC1. The van der Waals surface area contributed by atoms with Crippen molar-refractivity contribution in [3.63, 3.8) is 0 Å². The third-order valence-corrected chi connectivity index (χ3v) is 7.28. The molecule has 1 N–H and O–H groups in total. The fraction of sp³-hybridized carbons (Fsp3) is 0.286. The number of nitrogens with one attached hydrogen (secondary N) is 1. The van der Waals surface area contributed by atoms with Gasteiger partial charge in [-0.2, -0.15) is 4.31 Å². The molecule has 9 heteroatoms. The van der Waals surface area contributed by atoms with Crippen LogP contribution in [0.3, 0.4) is 0 Å². The predicted octanol–water partition coefficient (Wildman–Crippen LogP) is 3.06. The van der Waals surface area contributed by atoms with Gasteiger partial charge < -0.3 is 10.2 Å². The number of likely N-dealkylation sites (N-methyl/N-ethyl adjacent to an activating group) is 1. The predicted molar refractivity (Wildman–Crippen MR) is 112 cm³/mol. The van der Waals surface area contributed by atoms with Crippen LogP contribution in [0.5, 0.6) is 0 Å². The van der Waals surface area contributed by atoms with Gasteiger partial charge in [0.2, 0.25) is 10.0 Å². The van der Waals surface area contributed by atoms with Gasteiger partial charge in [-0.1, -0.05) is 18.2 Å². The number of hydrogen-bond acceptors (Lipinski definition) is 5. The van der Waals surface area contributed by atoms with Crippen molar-refractivity contribution < 1.29 is 17.2 Å². The molecule has 0 saturated carbocycles. The smallest absolute Gasteiger partial charge is 0.243 e. The summed E-state index contributed by atoms with van der Waals surface area (Å²) in [5.74, 6) is -1.44. The molecule has 0 amide bonds. The molecule has 1 aromatic heterocycles. The second-order valence-electron chi connectivity index (χ2n) is 7.31. The summed E-state index contributed by atoms with van der Waals surface area (Å²) < 4.78 is 55.6. The van der Waals surface area contributed by atoms with Gasteiger partial charge in [-0.15, -0.1) is 0 Å². The number of sulfonamides is 1. The van der Waals surface area contributed by atoms with Gasteiger partial charge in [-0.05, 0) is 30.8 Å². The molecule has 4 rings (SSSR count). The van der Waals surface area contributed by atoms with Crippen LogP contribution in [-0.4, -0.2) is 55.8 Å². The van der Waals surface area contributed by atoms with Crippen LogP contribution in [0.1, 0.15) is 5.56 Å². The first-order valence-corrected chi connectivity index (χ1v) is 11.0. The molecule has 0 bridgehead atoms. The molecule has 1 fully saturated rings. The zero-order valence-electron chi connectivity index (χ0n) is 16.5. The Kier molecular flexibility index (Phi) is 5.68. The summed E-state index contributed by atoms with van der Waals surface area (Å²) in [4.78, 5) is 6.30. The highest BCUT2D eigenvalue weighted by atomic mass is 32.2. The van der Waals surface area contributed by atoms with Crippen molar-refractivity contribution in [2.75, 3.05) is 38.5 Å². The Morgan fingerprint density at radius 3 is 2.57 bits per heavy atom. The normalized spacial score (nSPS) is 16.1. The van der Waals surface area contributed by atoms with Crippen LogP contribution in [0.15, 0.2) is 53.6 Å². The molecule has 2 heterocycles. The van der Waals surface area contributed by atoms with E-state index in [9.17, 15) is 17.2 Å². The summed E-state index contributed by atoms with van der Waals surface area (Å²) in [6.45, 7) is 2.42. The van der Waals surface area contributed by atoms with E-state index in [-0.39, 0.29) is 17.0 Å². The molecule has 0 aliphatic carbocycles. The fourth-order valence-electron chi connectivity index (χ4n) is 3.59. The lowest BCUT2D eigenvalue weighted by atomic mass is 10.1. The average molecular weight is 432 g/mol. The van der Waals surface area contributed by atoms with Gasteiger partial charge in [0.25, 0.3) is 0 Å². The minimum Gasteiger partial charge on any atom is -0.380 e. The Balaban J connectivity index is 1.63. The maximum Gasteiger partial charge on any atom is 0.243 e. The highest BCUT2D eigenvalue weighted by molar-refractivity contribution is 7.89. The van der Waals surface area contributed by atoms with Gasteiger partial charge in [0.05, 0.1) is 4.90 Å². The molecule has 0 radical (unpaired) electrons. The third kappa shape index (κ3) is 4.00. The van der Waals surface area contributed by atoms with E-state index in [1.165, 1.54) is 16.6 Å². The van der Waals surface area contributed by atoms with Crippen molar-refractivity contribution in [1.29, 1.82) is 0 Å². The van der Waals surface area contributed by atoms with E-state index >= 15 is 0 Å². The third-order valence-electron chi connectivity index (χ3n) is 5.29. The first kappa shape index (κ1) is 20.6. The Morgan fingerprint density at radius 2 is 1.80 bits per heavy atom. The summed E-state index contributed by atoms with van der Waals surface area (Å²) in [7, 11) is -1.68. The molecule has 0 unspecified atom stereocenters. The zero-order chi connectivity index (χ0) is 21.3. The van der Waals surface area contributed by atoms with E-state index in [2.05, 4.69) is 15.2 Å². The number of anilines is 1. The largest absolute Gasteiger partial charge is 0.380 e. The molecule has 1 aliphatic rings. The molecule has 1 saturated heterocycles. The number of pyridine rings is 1. The quantitative estimate of drug-likeness (QED) is 0.671. The maximum atomic E-state index is 14.0. The highest BCUT2D eigenvalue weighted by Crippen LogP contribution is 2.27. The van der Waals surface area contributed by atoms with Gasteiger partial charge in [-0.25, -0.2) is 17.2 Å². The van der Waals surface area contributed by atoms with E-state index in [0.29, 0.717) is 42.8 Å². The lowest BCUT2D eigenvalue weighted by Crippen LogP contribution is -2.47. The molecule has 3 aromatic rings. The Hall–Kier alpha value is -2.62. The molecule has 2 aromatic carbocycles. The van der Waals surface area contributed by atoms with Gasteiger partial charge >= 0.3 is 0 Å². The van der Waals surface area contributed by atoms with Crippen LogP contribution in [0.2, 0.25) is 0 Å². The number of hydrogen-bond donors (Lipinski definition) is 1. The van der Waals surface area contributed by atoms with Crippen molar-refractivity contribution in [1.82, 2.24) is 14.2 Å². The molecule has 6 nitrogen and oxygen atoms in total. The first-order valence-electron chi connectivity index (χ1n) is 9.60. The molecular formula is C21H22F2N4O2S. The summed E-state index contributed by atoms with van der Waals surface area (Å²) in [5, 5.41) is 3.42. The summed E-state index contributed by atoms with van der Waals surface area (Å²) >= 11 is 0. The van der Waals surface area contributed by atoms with Gasteiger partial charge in [0, 0.05) is 56.1 Å². The van der Waals surface area contributed by atoms with Crippen LogP contribution in [-0.2, 0) is 16.6 Å². The van der Waals surface area contributed by atoms with Gasteiger partial charge in [-0.3, -0.25) is 4.98 Å². The van der Waals surface area contributed by atoms with Crippen LogP contribution in [0, 0.1) is 11.6 Å². The minimum absolute atomic E-state index is 0.0553. The van der Waals surface area contributed by atoms with E-state index in [1.54, 1.807) is 30.3 Å². The lowest BCUT2D eigenvalue weighted by molar-refractivity contribution is 0.222. The number of nitrogens with zero attached hydrogens (tertiary/aromatic N) is 3. The van der Waals surface area contributed by atoms with Crippen molar-refractivity contribution in [3.8, 4) is 0 Å². The van der Waals surface area contributed by atoms with Crippen molar-refractivity contribution in [2.45, 2.75) is 11.4 Å². The maximum absolute atomic E-state index is 14.0. The molecule has 30 heavy (non-hydrogen) atoms. The number of rotatable bonds is 5. The van der Waals surface area contributed by atoms with E-state index in [0.717, 1.165) is 6.07 Å². The van der Waals surface area contributed by atoms with Gasteiger partial charge in [0.15, 0.2) is 5.82 Å². The summed E-state index contributed by atoms with van der Waals surface area (Å²) in [6, 6.07) is 10.4. The summed E-state index contributed by atoms with van der Waals surface area (Å²) in [5.41, 5.74) is 1.11. The minimum atomic E-state index is -3.64. The molecule has 158 valence electrons. The monoisotopic (exact) mass is 432 g/mol. The fourth-order valence-corrected chi connectivity index (χ4v) is 5.24. The topological polar surface area (TPSA) is 65.5 Å². The van der Waals surface area contributed by atoms with Crippen LogP contribution < -0.4 is 5.32 Å². The van der Waals surface area contributed by atoms with Crippen LogP contribution in [0.4, 0.5) is 14.5 Å². The Labute approximate surface area is 174 Å². The zero-order valence-corrected chi connectivity index (χ0v) is 17.3. The van der Waals surface area contributed by atoms with Crippen molar-refractivity contribution in [2.24, 2.45) is 0 Å². The van der Waals surface area contributed by atoms with Crippen molar-refractivity contribution in [3.05, 3.63) is 65.9 Å². The molecule has 0 atom stereocenters. The number of aromatic nitrogens is 1. The summed E-state index contributed by atoms with van der Waals surface area (Å²) in [6.07, 6.45) is 1.43. The highest BCUT2D eigenvalue weighted by Gasteiger charge is 2.29. The number of halogens is 2. The standard InChI is InChI=1S/C21H22F2N4O2S/c1-26-8-10-27(11-9-26)30(28,29)20-5-3-2-4-15(20)14-25-19-6-7-24-21-17(19)12-16(22)13-18(21)23/h2-7,12-13H,8-11,14H2,1H3,(H,24,25). The number of fused-ring (bicyclic) bond motifs is 1. The first-order chi connectivity index (χ1) is 14.4. The van der Waals surface area contributed by atoms with Gasteiger partial charge in [0.1, 0.15) is 11.3 Å². The Bertz CT molecular complexity index is 1180. The van der Waals surface area contributed by atoms with E-state index in [1.807, 2.05) is 7.05 Å². The van der Waals surface area contributed by atoms with E-state index < -0.39 is 21.7 Å².